The van der Waals surface area contributed by atoms with Crippen molar-refractivity contribution >= 4 is 11.8 Å². The molecule has 3 N–H and O–H groups in total. The van der Waals surface area contributed by atoms with Gasteiger partial charge in [0.05, 0.1) is 0 Å². The molecule has 0 aromatic rings. The van der Waals surface area contributed by atoms with E-state index in [9.17, 15) is 0 Å². The molecule has 1 unspecified atom stereocenters. The van der Waals surface area contributed by atoms with Crippen LogP contribution < -0.4 is 11.3 Å². The highest BCUT2D eigenvalue weighted by atomic mass is 32.2. The van der Waals surface area contributed by atoms with Gasteiger partial charge in [-0.05, 0) is 18.6 Å². The zero-order valence-corrected chi connectivity index (χ0v) is 9.58. The van der Waals surface area contributed by atoms with Gasteiger partial charge in [0, 0.05) is 18.2 Å². The molecule has 1 atom stereocenters. The highest BCUT2D eigenvalue weighted by Crippen LogP contribution is 2.12. The van der Waals surface area contributed by atoms with Crippen LogP contribution in [0.4, 0.5) is 0 Å². The fourth-order valence-electron chi connectivity index (χ4n) is 0.895. The zero-order chi connectivity index (χ0) is 10.1. The maximum atomic E-state index is 5.43. The van der Waals surface area contributed by atoms with Crippen LogP contribution in [-0.2, 0) is 0 Å². The second-order valence-electron chi connectivity index (χ2n) is 3.21. The Morgan fingerprint density at radius 1 is 1.46 bits per heavy atom. The Bertz CT molecular complexity index is 169. The largest absolute Gasteiger partial charge is 0.271 e. The van der Waals surface area contributed by atoms with Gasteiger partial charge in [0.1, 0.15) is 0 Å². The molecule has 0 rings (SSSR count). The van der Waals surface area contributed by atoms with Crippen molar-refractivity contribution in [3.63, 3.8) is 0 Å². The van der Waals surface area contributed by atoms with E-state index in [1.807, 2.05) is 18.7 Å². The summed E-state index contributed by atoms with van der Waals surface area (Å²) in [5.41, 5.74) is 2.83. The molecule has 0 amide bonds. The average Bonchev–Trinajstić information content (AvgIpc) is 2.10. The lowest BCUT2D eigenvalue weighted by atomic mass is 10.2. The molecule has 0 aromatic heterocycles. The number of hydrazine groups is 1. The van der Waals surface area contributed by atoms with Crippen molar-refractivity contribution in [2.45, 2.75) is 44.9 Å². The van der Waals surface area contributed by atoms with Crippen molar-refractivity contribution in [3.05, 3.63) is 0 Å². The van der Waals surface area contributed by atoms with E-state index in [2.05, 4.69) is 31.1 Å². The number of thioether (sulfide) groups is 1. The molecule has 0 aliphatic carbocycles. The summed E-state index contributed by atoms with van der Waals surface area (Å²) >= 11 is 1.93. The Labute approximate surface area is 86.0 Å². The maximum absolute atomic E-state index is 5.43. The molecule has 0 radical (unpaired) electrons. The highest BCUT2D eigenvalue weighted by molar-refractivity contribution is 7.99. The Morgan fingerprint density at radius 3 is 2.62 bits per heavy atom. The molecule has 76 valence electrons. The molecule has 0 heterocycles. The van der Waals surface area contributed by atoms with E-state index in [0.717, 1.165) is 18.6 Å². The zero-order valence-electron chi connectivity index (χ0n) is 8.76. The fraction of sp³-hybridized carbons (Fsp3) is 0.800. The lowest BCUT2D eigenvalue weighted by molar-refractivity contribution is 0.546. The van der Waals surface area contributed by atoms with Gasteiger partial charge in [-0.3, -0.25) is 11.3 Å². The lowest BCUT2D eigenvalue weighted by Gasteiger charge is -2.15. The summed E-state index contributed by atoms with van der Waals surface area (Å²) in [5.74, 6) is 12.4. The molecule has 13 heavy (non-hydrogen) atoms. The molecule has 0 bridgehead atoms. The Morgan fingerprint density at radius 2 is 2.15 bits per heavy atom. The molecule has 0 saturated carbocycles. The molecule has 2 nitrogen and oxygen atoms in total. The van der Waals surface area contributed by atoms with Gasteiger partial charge in [-0.1, -0.05) is 13.8 Å². The summed E-state index contributed by atoms with van der Waals surface area (Å²) < 4.78 is 0. The van der Waals surface area contributed by atoms with Crippen molar-refractivity contribution in [1.82, 2.24) is 5.43 Å². The predicted molar refractivity (Wildman–Crippen MR) is 61.4 cm³/mol. The van der Waals surface area contributed by atoms with Crippen LogP contribution in [0.5, 0.6) is 0 Å². The van der Waals surface area contributed by atoms with E-state index in [1.165, 1.54) is 0 Å². The third-order valence-electron chi connectivity index (χ3n) is 1.66. The molecule has 0 aromatic carbocycles. The summed E-state index contributed by atoms with van der Waals surface area (Å²) in [7, 11) is 0. The molecule has 0 saturated heterocycles. The molecule has 0 aliphatic rings. The maximum Gasteiger partial charge on any atom is 0.0310 e. The minimum absolute atomic E-state index is 0.397. The Hall–Kier alpha value is -0.170. The molecular formula is C10H20N2S. The second kappa shape index (κ2) is 8.43. The van der Waals surface area contributed by atoms with Crippen LogP contribution >= 0.6 is 11.8 Å². The minimum Gasteiger partial charge on any atom is -0.271 e. The Balaban J connectivity index is 3.54. The normalized spacial score (nSPS) is 12.4. The van der Waals surface area contributed by atoms with Crippen LogP contribution in [0.3, 0.4) is 0 Å². The van der Waals surface area contributed by atoms with Crippen molar-refractivity contribution < 1.29 is 0 Å². The van der Waals surface area contributed by atoms with Gasteiger partial charge >= 0.3 is 0 Å². The molecule has 0 spiro atoms. The van der Waals surface area contributed by atoms with Gasteiger partial charge in [0.25, 0.3) is 0 Å². The highest BCUT2D eigenvalue weighted by Gasteiger charge is 2.06. The third-order valence-corrected chi connectivity index (χ3v) is 2.92. The van der Waals surface area contributed by atoms with Crippen LogP contribution in [0.15, 0.2) is 0 Å². The van der Waals surface area contributed by atoms with Crippen molar-refractivity contribution in [3.8, 4) is 11.8 Å². The first-order valence-corrected chi connectivity index (χ1v) is 5.73. The molecule has 3 heteroatoms. The van der Waals surface area contributed by atoms with Crippen molar-refractivity contribution in [2.75, 3.05) is 5.75 Å². The summed E-state index contributed by atoms with van der Waals surface area (Å²) in [5, 5.41) is 0.674. The van der Waals surface area contributed by atoms with Gasteiger partial charge in [-0.2, -0.15) is 11.8 Å². The van der Waals surface area contributed by atoms with Gasteiger partial charge < -0.3 is 0 Å². The second-order valence-corrected chi connectivity index (χ2v) is 4.82. The van der Waals surface area contributed by atoms with Gasteiger partial charge in [-0.25, -0.2) is 0 Å². The lowest BCUT2D eigenvalue weighted by Crippen LogP contribution is -2.37. The van der Waals surface area contributed by atoms with Crippen LogP contribution in [0.1, 0.15) is 33.6 Å². The van der Waals surface area contributed by atoms with Crippen LogP contribution in [0.25, 0.3) is 0 Å². The van der Waals surface area contributed by atoms with Crippen LogP contribution in [-0.4, -0.2) is 17.0 Å². The van der Waals surface area contributed by atoms with E-state index in [-0.39, 0.29) is 0 Å². The summed E-state index contributed by atoms with van der Waals surface area (Å²) in [6, 6.07) is 0.397. The molecular weight excluding hydrogens is 180 g/mol. The van der Waals surface area contributed by atoms with E-state index >= 15 is 0 Å². The van der Waals surface area contributed by atoms with Gasteiger partial charge in [0.15, 0.2) is 0 Å². The first-order valence-electron chi connectivity index (χ1n) is 4.68. The number of hydrogen-bond donors (Lipinski definition) is 2. The first kappa shape index (κ1) is 12.8. The van der Waals surface area contributed by atoms with Gasteiger partial charge in [-0.15, -0.1) is 11.8 Å². The van der Waals surface area contributed by atoms with E-state index in [0.29, 0.717) is 11.3 Å². The molecule has 0 fully saturated rings. The minimum atomic E-state index is 0.397. The summed E-state index contributed by atoms with van der Waals surface area (Å²) in [6.45, 7) is 6.27. The monoisotopic (exact) mass is 200 g/mol. The van der Waals surface area contributed by atoms with E-state index < -0.39 is 0 Å². The summed E-state index contributed by atoms with van der Waals surface area (Å²) in [4.78, 5) is 0. The van der Waals surface area contributed by atoms with Crippen LogP contribution in [0.2, 0.25) is 0 Å². The van der Waals surface area contributed by atoms with Crippen LogP contribution in [0, 0.1) is 11.8 Å². The smallest absolute Gasteiger partial charge is 0.0310 e. The van der Waals surface area contributed by atoms with E-state index in [4.69, 9.17) is 5.84 Å². The molecule has 0 aliphatic heterocycles. The predicted octanol–water partition coefficient (Wildman–Crippen LogP) is 1.76. The number of nitrogens with one attached hydrogen (secondary N) is 1. The summed E-state index contributed by atoms with van der Waals surface area (Å²) in [6.07, 6.45) is 1.97. The van der Waals surface area contributed by atoms with Crippen molar-refractivity contribution in [1.29, 1.82) is 0 Å². The van der Waals surface area contributed by atoms with E-state index in [1.54, 1.807) is 0 Å². The fourth-order valence-corrected chi connectivity index (χ4v) is 1.77. The SMILES string of the molecule is CC#CCCC(CSC(C)C)NN. The Kier molecular flexibility index (Phi) is 8.32. The number of nitrogens with two attached hydrogens (primary N) is 1. The van der Waals surface area contributed by atoms with Gasteiger partial charge in [0.2, 0.25) is 0 Å². The topological polar surface area (TPSA) is 38.0 Å². The quantitative estimate of drug-likeness (QED) is 0.390. The average molecular weight is 200 g/mol. The standard InChI is InChI=1S/C10H20N2S/c1-4-5-6-7-10(12-11)8-13-9(2)3/h9-10,12H,6-8,11H2,1-3H3. The third kappa shape index (κ3) is 8.17. The number of hydrogen-bond acceptors (Lipinski definition) is 3. The number of rotatable bonds is 6. The van der Waals surface area contributed by atoms with Crippen molar-refractivity contribution in [2.24, 2.45) is 5.84 Å². The first-order chi connectivity index (χ1) is 6.20.